The second-order valence-corrected chi connectivity index (χ2v) is 31.7. The number of hydrogen-bond acceptors (Lipinski definition) is 18. The van der Waals surface area contributed by atoms with Gasteiger partial charge in [0.2, 0.25) is 5.92 Å². The zero-order valence-electron chi connectivity index (χ0n) is 60.4. The molecule has 21 nitrogen and oxygen atoms in total. The van der Waals surface area contributed by atoms with Gasteiger partial charge in [-0.1, -0.05) is 89.0 Å². The predicted octanol–water partition coefficient (Wildman–Crippen LogP) is 18.3. The lowest BCUT2D eigenvalue weighted by Crippen LogP contribution is -2.25. The first-order valence-electron chi connectivity index (χ1n) is 34.4. The number of sulfonamides is 3. The smallest absolute Gasteiger partial charge is 0.405 e. The second-order valence-electron chi connectivity index (χ2n) is 26.6. The van der Waals surface area contributed by atoms with E-state index in [0.29, 0.717) is 69.4 Å². The quantitative estimate of drug-likeness (QED) is 0.0637. The minimum absolute atomic E-state index is 0.0134. The topological polar surface area (TPSA) is 254 Å². The Kier molecular flexibility index (Phi) is 21.9. The van der Waals surface area contributed by atoms with Gasteiger partial charge in [0.05, 0.1) is 92.7 Å². The Balaban J connectivity index is 0.000000150. The number of rotatable bonds is 15. The van der Waals surface area contributed by atoms with Crippen LogP contribution in [-0.2, 0) is 30.1 Å². The van der Waals surface area contributed by atoms with Crippen LogP contribution < -0.4 is 43.1 Å². The van der Waals surface area contributed by atoms with Crippen LogP contribution in [0.15, 0.2) is 211 Å². The van der Waals surface area contributed by atoms with Crippen molar-refractivity contribution < 1.29 is 101 Å². The van der Waals surface area contributed by atoms with Crippen LogP contribution in [0.2, 0.25) is 0 Å². The lowest BCUT2D eigenvalue weighted by atomic mass is 9.87. The average Bonchev–Trinajstić information content (AvgIpc) is 1.41. The van der Waals surface area contributed by atoms with Crippen molar-refractivity contribution in [2.75, 3.05) is 50.2 Å². The van der Waals surface area contributed by atoms with Crippen molar-refractivity contribution in [1.82, 2.24) is 15.5 Å². The van der Waals surface area contributed by atoms with Gasteiger partial charge in [0.15, 0.2) is 17.5 Å². The van der Waals surface area contributed by atoms with Gasteiger partial charge in [-0.25, -0.2) is 47.2 Å². The van der Waals surface area contributed by atoms with E-state index < -0.39 is 89.0 Å². The number of anilines is 9. The normalized spacial score (nSPS) is 17.5. The molecule has 3 fully saturated rings. The van der Waals surface area contributed by atoms with Crippen molar-refractivity contribution in [3.63, 3.8) is 0 Å². The van der Waals surface area contributed by atoms with Gasteiger partial charge in [0.1, 0.15) is 58.9 Å². The van der Waals surface area contributed by atoms with Crippen molar-refractivity contribution in [3.05, 3.63) is 234 Å². The fourth-order valence-corrected chi connectivity index (χ4v) is 15.8. The minimum Gasteiger partial charge on any atom is -0.495 e. The van der Waals surface area contributed by atoms with Crippen LogP contribution in [0, 0.1) is 76.1 Å². The van der Waals surface area contributed by atoms with Gasteiger partial charge in [0, 0.05) is 96.4 Å². The van der Waals surface area contributed by atoms with Crippen LogP contribution >= 0.6 is 0 Å². The maximum Gasteiger partial charge on any atom is 0.405 e. The molecule has 0 radical (unpaired) electrons. The van der Waals surface area contributed by atoms with E-state index >= 15 is 13.2 Å². The van der Waals surface area contributed by atoms with Crippen molar-refractivity contribution >= 4 is 99.9 Å². The fraction of sp³-hybridized carbons (Fsp3) is 0.212. The summed E-state index contributed by atoms with van der Waals surface area (Å²) >= 11 is 0. The van der Waals surface area contributed by atoms with Crippen LogP contribution in [0.25, 0.3) is 18.2 Å². The molecule has 0 spiro atoms. The lowest BCUT2D eigenvalue weighted by Gasteiger charge is -2.31. The van der Waals surface area contributed by atoms with Gasteiger partial charge in [-0.3, -0.25) is 14.2 Å². The summed E-state index contributed by atoms with van der Waals surface area (Å²) in [4.78, 5) is 4.65. The molecule has 6 aliphatic rings. The molecule has 6 aromatic carbocycles. The highest BCUT2D eigenvalue weighted by Gasteiger charge is 2.62. The first-order chi connectivity index (χ1) is 54.5. The third-order valence-corrected chi connectivity index (χ3v) is 22.9. The zero-order valence-corrected chi connectivity index (χ0v) is 62.8. The Bertz CT molecular complexity index is 6030. The Morgan fingerprint density at radius 1 is 0.487 bits per heavy atom. The van der Waals surface area contributed by atoms with E-state index in [1.165, 1.54) is 131 Å². The average molecular weight is 1650 g/mol. The van der Waals surface area contributed by atoms with Crippen molar-refractivity contribution in [2.45, 2.75) is 77.9 Å². The number of halogens is 11. The number of fused-ring (bicyclic) bond motifs is 3. The molecular formula is C80H62F11N9O12S3. The van der Waals surface area contributed by atoms with Crippen molar-refractivity contribution in [2.24, 2.45) is 23.2 Å². The number of aromatic nitrogens is 3. The van der Waals surface area contributed by atoms with Gasteiger partial charge in [0.25, 0.3) is 30.1 Å². The first-order valence-corrected chi connectivity index (χ1v) is 38.9. The molecule has 15 rings (SSSR count). The van der Waals surface area contributed by atoms with E-state index in [-0.39, 0.29) is 110 Å². The summed E-state index contributed by atoms with van der Waals surface area (Å²) in [5, 5.41) is 10.6. The molecule has 0 unspecified atom stereocenters. The number of nitrogens with one attached hydrogen (secondary N) is 3. The molecule has 35 heteroatoms. The van der Waals surface area contributed by atoms with Gasteiger partial charge in [-0.05, 0) is 122 Å². The molecule has 0 amide bonds. The molecule has 0 saturated heterocycles. The first kappa shape index (κ1) is 80.4. The molecular weight excluding hydrogens is 1580 g/mol. The van der Waals surface area contributed by atoms with E-state index in [1.54, 1.807) is 57.2 Å². The molecule has 0 bridgehead atoms. The standard InChI is InChI=1S/C28H24F3N3O4S.2C26H19F4N3O4S/c1-18-5-7-21-14-22(39(35,36)33-27-11-13-38-32-27)9-10-24(21)34(18)25-16-23(29)20(15-26(25)37-2)8-6-19-4-3-12-28(30,31)17-19;1-16-3-4-18-13-19(38(34,35)32-24-8-12-37-31-24)5-6-21(18)33(16)22-15-20(27)17(14-23(22)36-2)7-9-25(10-11-25)26(28,29)30;1-15-3-4-18-11-19(38(34,35)32-25-9-10-37-31-25)7-8-22(18)33(15)23-14-21(27)17(13-24(23)36-2)6-5-16-12-20(16)26(28,29)30/h5,7,9-11,13-16,19H,1,3-4,12,17H2,2H3,(H,32,33);3-6,8,12-15H,1,10-11H2,2H3,(H,31,32);3-4,7-11,13-14,16,20H,1,12H2,2H3,(H,31,32)/t19-;;16-,20+/m0.1/s1. The highest BCUT2D eigenvalue weighted by Crippen LogP contribution is 2.57. The summed E-state index contributed by atoms with van der Waals surface area (Å²) in [6.45, 7) is 12.0. The Hall–Kier alpha value is -12.7. The van der Waals surface area contributed by atoms with E-state index in [9.17, 15) is 60.4 Å². The molecule has 9 aromatic rings. The summed E-state index contributed by atoms with van der Waals surface area (Å²) in [5.74, 6) is 7.90. The van der Waals surface area contributed by atoms with Gasteiger partial charge < -0.3 is 42.5 Å². The third kappa shape index (κ3) is 17.5. The Morgan fingerprint density at radius 2 is 0.852 bits per heavy atom. The predicted molar refractivity (Wildman–Crippen MR) is 404 cm³/mol. The van der Waals surface area contributed by atoms with Gasteiger partial charge >= 0.3 is 12.4 Å². The SMILES string of the molecule is C=C1C=Cc2cc(S(=O)(=O)Nc3ccon3)ccc2N1c1cc(F)c(C#CC2(C(F)(F)F)CC2)cc1OC.C=C1C=Cc2cc(S(=O)(=O)Nc3ccon3)ccc2N1c1cc(F)c(C#C[C@@H]2CCCC(F)(F)C2)cc1OC.C=C1C=Cc2cc(S(=O)(=O)Nc3ccon3)ccc2N1c1cc(F)c(C#C[C@@H]2C[C@@H]2C(F)(F)F)cc1OC. The number of allylic oxidation sites excluding steroid dienone is 3. The number of methoxy groups -OCH3 is 3. The molecule has 115 heavy (non-hydrogen) atoms. The number of alkyl halides is 8. The summed E-state index contributed by atoms with van der Waals surface area (Å²) in [5.41, 5.74) is 2.75. The van der Waals surface area contributed by atoms with E-state index in [0.717, 1.165) is 12.1 Å². The monoisotopic (exact) mass is 1650 g/mol. The maximum absolute atomic E-state index is 15.2. The van der Waals surface area contributed by atoms with E-state index in [2.05, 4.69) is 98.5 Å². The number of benzene rings is 6. The Morgan fingerprint density at radius 3 is 1.17 bits per heavy atom. The van der Waals surface area contributed by atoms with Crippen LogP contribution in [0.5, 0.6) is 17.2 Å². The van der Waals surface area contributed by atoms with Crippen LogP contribution in [0.1, 0.15) is 78.3 Å². The molecule has 3 aliphatic heterocycles. The van der Waals surface area contributed by atoms with E-state index in [4.69, 9.17) is 14.2 Å². The molecule has 3 aliphatic carbocycles. The third-order valence-electron chi connectivity index (χ3n) is 18.8. The highest BCUT2D eigenvalue weighted by atomic mass is 32.2. The molecule has 594 valence electrons. The van der Waals surface area contributed by atoms with Gasteiger partial charge in [-0.15, -0.1) is 0 Å². The molecule has 3 N–H and O–H groups in total. The zero-order chi connectivity index (χ0) is 82.3. The van der Waals surface area contributed by atoms with Crippen LogP contribution in [0.3, 0.4) is 0 Å². The van der Waals surface area contributed by atoms with Crippen molar-refractivity contribution in [3.8, 4) is 52.8 Å². The number of nitrogens with zero attached hydrogens (tertiary/aromatic N) is 6. The van der Waals surface area contributed by atoms with Gasteiger partial charge in [-0.2, -0.15) is 26.3 Å². The van der Waals surface area contributed by atoms with Crippen LogP contribution in [0.4, 0.5) is 99.9 Å². The second kappa shape index (κ2) is 31.4. The molecule has 3 aromatic heterocycles. The molecule has 3 atom stereocenters. The van der Waals surface area contributed by atoms with Crippen molar-refractivity contribution in [1.29, 1.82) is 0 Å². The maximum atomic E-state index is 15.2. The van der Waals surface area contributed by atoms with E-state index in [1.807, 2.05) is 0 Å². The number of ether oxygens (including phenoxy) is 3. The Labute approximate surface area is 651 Å². The van der Waals surface area contributed by atoms with Crippen LogP contribution in [-0.4, -0.2) is 80.3 Å². The number of hydrogen-bond donors (Lipinski definition) is 3. The highest BCUT2D eigenvalue weighted by molar-refractivity contribution is 7.93. The summed E-state index contributed by atoms with van der Waals surface area (Å²) < 4.78 is 265. The summed E-state index contributed by atoms with van der Waals surface area (Å²) in [6, 6.07) is 24.6. The molecule has 6 heterocycles. The summed E-state index contributed by atoms with van der Waals surface area (Å²) in [7, 11) is -7.80. The summed E-state index contributed by atoms with van der Waals surface area (Å²) in [6.07, 6.45) is 4.89. The fourth-order valence-electron chi connectivity index (χ4n) is 12.7. The largest absolute Gasteiger partial charge is 0.495 e. The lowest BCUT2D eigenvalue weighted by molar-refractivity contribution is -0.168. The minimum atomic E-state index is -4.49. The molecule has 3 saturated carbocycles.